The van der Waals surface area contributed by atoms with Gasteiger partial charge in [-0.1, -0.05) is 6.07 Å². The Morgan fingerprint density at radius 1 is 1.30 bits per heavy atom. The van der Waals surface area contributed by atoms with Crippen LogP contribution in [0.25, 0.3) is 0 Å². The van der Waals surface area contributed by atoms with Crippen LogP contribution in [0, 0.1) is 6.92 Å². The lowest BCUT2D eigenvalue weighted by Gasteiger charge is -2.16. The molecule has 0 atom stereocenters. The van der Waals surface area contributed by atoms with E-state index in [0.29, 0.717) is 18.0 Å². The number of carboxylic acids is 1. The van der Waals surface area contributed by atoms with Gasteiger partial charge < -0.3 is 14.4 Å². The van der Waals surface area contributed by atoms with Crippen molar-refractivity contribution in [3.63, 3.8) is 0 Å². The Morgan fingerprint density at radius 3 is 2.75 bits per heavy atom. The third kappa shape index (κ3) is 1.87. The summed E-state index contributed by atoms with van der Waals surface area (Å²) in [7, 11) is 0. The molecule has 1 amide bonds. The van der Waals surface area contributed by atoms with Gasteiger partial charge in [-0.05, 0) is 37.1 Å². The number of fused-ring (bicyclic) bond motifs is 1. The molecule has 0 unspecified atom stereocenters. The molecule has 20 heavy (non-hydrogen) atoms. The van der Waals surface area contributed by atoms with Crippen molar-refractivity contribution in [2.75, 3.05) is 11.4 Å². The lowest BCUT2D eigenvalue weighted by Crippen LogP contribution is -2.29. The second-order valence-electron chi connectivity index (χ2n) is 4.79. The molecule has 0 saturated heterocycles. The molecule has 1 aromatic heterocycles. The minimum atomic E-state index is -0.999. The largest absolute Gasteiger partial charge is 0.478 e. The summed E-state index contributed by atoms with van der Waals surface area (Å²) in [5, 5.41) is 9.05. The van der Waals surface area contributed by atoms with Crippen molar-refractivity contribution in [1.29, 1.82) is 0 Å². The predicted octanol–water partition coefficient (Wildman–Crippen LogP) is 2.49. The van der Waals surface area contributed by atoms with Crippen molar-refractivity contribution in [3.8, 4) is 0 Å². The number of rotatable bonds is 2. The molecule has 5 heteroatoms. The van der Waals surface area contributed by atoms with Crippen LogP contribution < -0.4 is 4.90 Å². The number of carboxylic acid groups (broad SMARTS) is 1. The Bertz CT molecular complexity index is 702. The smallest absolute Gasteiger partial charge is 0.335 e. The third-order valence-corrected chi connectivity index (χ3v) is 3.53. The van der Waals surface area contributed by atoms with E-state index in [1.165, 1.54) is 6.26 Å². The quantitative estimate of drug-likeness (QED) is 0.911. The molecule has 1 aliphatic rings. The molecule has 1 aromatic carbocycles. The Labute approximate surface area is 115 Å². The molecule has 0 radical (unpaired) electrons. The fraction of sp³-hybridized carbons (Fsp3) is 0.200. The van der Waals surface area contributed by atoms with Gasteiger partial charge in [-0.2, -0.15) is 0 Å². The van der Waals surface area contributed by atoms with Crippen LogP contribution in [-0.2, 0) is 6.42 Å². The lowest BCUT2D eigenvalue weighted by atomic mass is 10.1. The van der Waals surface area contributed by atoms with Crippen LogP contribution in [0.2, 0.25) is 0 Å². The van der Waals surface area contributed by atoms with Crippen molar-refractivity contribution in [1.82, 2.24) is 0 Å². The molecule has 0 spiro atoms. The fourth-order valence-electron chi connectivity index (χ4n) is 2.44. The van der Waals surface area contributed by atoms with Crippen LogP contribution in [-0.4, -0.2) is 23.5 Å². The monoisotopic (exact) mass is 271 g/mol. The normalized spacial score (nSPS) is 13.3. The Kier molecular flexibility index (Phi) is 2.82. The molecule has 0 fully saturated rings. The van der Waals surface area contributed by atoms with Crippen molar-refractivity contribution < 1.29 is 19.1 Å². The number of anilines is 1. The number of furan rings is 1. The Balaban J connectivity index is 2.00. The molecule has 0 saturated carbocycles. The molecular weight excluding hydrogens is 258 g/mol. The molecule has 2 aromatic rings. The summed E-state index contributed by atoms with van der Waals surface area (Å²) in [4.78, 5) is 25.1. The van der Waals surface area contributed by atoms with E-state index in [4.69, 9.17) is 9.52 Å². The Hall–Kier alpha value is -2.56. The predicted molar refractivity (Wildman–Crippen MR) is 72.2 cm³/mol. The number of carbonyl (C=O) groups excluding carboxylic acids is 1. The van der Waals surface area contributed by atoms with E-state index in [1.807, 2.05) is 0 Å². The van der Waals surface area contributed by atoms with Crippen LogP contribution in [0.15, 0.2) is 34.9 Å². The van der Waals surface area contributed by atoms with E-state index in [2.05, 4.69) is 0 Å². The van der Waals surface area contributed by atoms with Crippen LogP contribution in [0.5, 0.6) is 0 Å². The number of nitrogens with zero attached hydrogens (tertiary/aromatic N) is 1. The van der Waals surface area contributed by atoms with Crippen molar-refractivity contribution >= 4 is 17.6 Å². The number of aromatic carboxylic acids is 1. The average molecular weight is 271 g/mol. The molecule has 1 aliphatic heterocycles. The zero-order valence-corrected chi connectivity index (χ0v) is 10.9. The van der Waals surface area contributed by atoms with Gasteiger partial charge in [-0.15, -0.1) is 0 Å². The molecular formula is C15H13NO4. The minimum absolute atomic E-state index is 0.180. The van der Waals surface area contributed by atoms with Gasteiger partial charge in [0.15, 0.2) is 5.76 Å². The minimum Gasteiger partial charge on any atom is -0.478 e. The first-order chi connectivity index (χ1) is 9.58. The number of carbonyl (C=O) groups is 2. The van der Waals surface area contributed by atoms with Gasteiger partial charge in [0.1, 0.15) is 0 Å². The van der Waals surface area contributed by atoms with E-state index >= 15 is 0 Å². The molecule has 5 nitrogen and oxygen atoms in total. The Morgan fingerprint density at radius 2 is 2.10 bits per heavy atom. The van der Waals surface area contributed by atoms with Crippen molar-refractivity contribution in [3.05, 3.63) is 53.0 Å². The third-order valence-electron chi connectivity index (χ3n) is 3.53. The summed E-state index contributed by atoms with van der Waals surface area (Å²) in [6, 6.07) is 6.60. The highest BCUT2D eigenvalue weighted by Gasteiger charge is 2.28. The standard InChI is InChI=1S/C15H13NO4/c1-9-5-7-20-13(9)14(17)16-6-4-10-2-3-11(15(18)19)8-12(10)16/h2-3,5,7-8H,4,6H2,1H3,(H,18,19). The molecule has 0 bridgehead atoms. The van der Waals surface area contributed by atoms with Crippen LogP contribution in [0.4, 0.5) is 5.69 Å². The van der Waals surface area contributed by atoms with Crippen molar-refractivity contribution in [2.24, 2.45) is 0 Å². The summed E-state index contributed by atoms with van der Waals surface area (Å²) < 4.78 is 5.22. The summed E-state index contributed by atoms with van der Waals surface area (Å²) in [5.41, 5.74) is 2.59. The van der Waals surface area contributed by atoms with Gasteiger partial charge in [0.25, 0.3) is 5.91 Å². The molecule has 102 valence electrons. The zero-order chi connectivity index (χ0) is 14.3. The van der Waals surface area contributed by atoms with E-state index in [1.54, 1.807) is 36.1 Å². The van der Waals surface area contributed by atoms with Gasteiger partial charge in [-0.3, -0.25) is 4.79 Å². The molecule has 3 rings (SSSR count). The van der Waals surface area contributed by atoms with Gasteiger partial charge >= 0.3 is 5.97 Å². The van der Waals surface area contributed by atoms with Crippen molar-refractivity contribution in [2.45, 2.75) is 13.3 Å². The second kappa shape index (κ2) is 4.52. The highest BCUT2D eigenvalue weighted by atomic mass is 16.4. The fourth-order valence-corrected chi connectivity index (χ4v) is 2.44. The first-order valence-corrected chi connectivity index (χ1v) is 6.30. The molecule has 2 heterocycles. The van der Waals surface area contributed by atoms with Gasteiger partial charge in [0.05, 0.1) is 11.8 Å². The van der Waals surface area contributed by atoms with Crippen LogP contribution >= 0.6 is 0 Å². The van der Waals surface area contributed by atoms with Crippen LogP contribution in [0.3, 0.4) is 0 Å². The molecule has 1 N–H and O–H groups in total. The maximum Gasteiger partial charge on any atom is 0.335 e. The van der Waals surface area contributed by atoms with E-state index in [-0.39, 0.29) is 11.5 Å². The van der Waals surface area contributed by atoms with E-state index in [9.17, 15) is 9.59 Å². The summed E-state index contributed by atoms with van der Waals surface area (Å²) >= 11 is 0. The first-order valence-electron chi connectivity index (χ1n) is 6.30. The van der Waals surface area contributed by atoms with E-state index in [0.717, 1.165) is 17.5 Å². The van der Waals surface area contributed by atoms with Gasteiger partial charge in [0.2, 0.25) is 0 Å². The number of amides is 1. The lowest BCUT2D eigenvalue weighted by molar-refractivity contribution is 0.0696. The topological polar surface area (TPSA) is 70.8 Å². The van der Waals surface area contributed by atoms with E-state index < -0.39 is 5.97 Å². The SMILES string of the molecule is Cc1ccoc1C(=O)N1CCc2ccc(C(=O)O)cc21. The average Bonchev–Trinajstić information content (AvgIpc) is 3.03. The maximum atomic E-state index is 12.5. The number of benzene rings is 1. The van der Waals surface area contributed by atoms with Gasteiger partial charge in [0, 0.05) is 17.8 Å². The number of hydrogen-bond acceptors (Lipinski definition) is 3. The summed E-state index contributed by atoms with van der Waals surface area (Å²) in [6.07, 6.45) is 2.20. The number of aryl methyl sites for hydroxylation is 1. The second-order valence-corrected chi connectivity index (χ2v) is 4.79. The maximum absolute atomic E-state index is 12.5. The summed E-state index contributed by atoms with van der Waals surface area (Å²) in [6.45, 7) is 2.35. The van der Waals surface area contributed by atoms with Gasteiger partial charge in [-0.25, -0.2) is 4.79 Å². The number of hydrogen-bond donors (Lipinski definition) is 1. The zero-order valence-electron chi connectivity index (χ0n) is 10.9. The first kappa shape index (κ1) is 12.5. The highest BCUT2D eigenvalue weighted by molar-refractivity contribution is 6.07. The van der Waals surface area contributed by atoms with Crippen LogP contribution in [0.1, 0.15) is 32.0 Å². The molecule has 0 aliphatic carbocycles. The summed E-state index contributed by atoms with van der Waals surface area (Å²) in [5.74, 6) is -0.923. The highest BCUT2D eigenvalue weighted by Crippen LogP contribution is 2.31.